The maximum absolute atomic E-state index is 8.89. The molecule has 3 rings (SSSR count). The van der Waals surface area contributed by atoms with Crippen molar-refractivity contribution in [2.75, 3.05) is 18.9 Å². The second-order valence-corrected chi connectivity index (χ2v) is 6.16. The van der Waals surface area contributed by atoms with Crippen LogP contribution >= 0.6 is 0 Å². The van der Waals surface area contributed by atoms with Crippen LogP contribution in [0.5, 0.6) is 0 Å². The lowest BCUT2D eigenvalue weighted by Gasteiger charge is -2.17. The number of hydrogen-bond acceptors (Lipinski definition) is 7. The van der Waals surface area contributed by atoms with Gasteiger partial charge in [-0.2, -0.15) is 5.10 Å². The van der Waals surface area contributed by atoms with Crippen molar-refractivity contribution in [1.82, 2.24) is 9.78 Å². The number of nitrogens with zero attached hydrogens (tertiary/aromatic N) is 4. The molecular formula is C18H22N7O2+. The van der Waals surface area contributed by atoms with Gasteiger partial charge in [0.25, 0.3) is 0 Å². The fourth-order valence-corrected chi connectivity index (χ4v) is 2.68. The standard InChI is InChI=1S/C18H22N7O2/c1-24-4-2-3-12(10-24)11-25-18(21)16(9-22-25)23-15-8-17(27-6-5-26)14(20)7-13(15)19/h2-4,8-10,19-20,26H,5-7,11,21H2,1H3/q+1. The predicted molar refractivity (Wildman–Crippen MR) is 102 cm³/mol. The minimum absolute atomic E-state index is 0.0867. The normalized spacial score (nSPS) is 15.9. The molecule has 0 atom stereocenters. The molecule has 2 aromatic heterocycles. The lowest BCUT2D eigenvalue weighted by Crippen LogP contribution is -2.27. The summed E-state index contributed by atoms with van der Waals surface area (Å²) in [6, 6.07) is 3.94. The number of aliphatic imine (C=N–C) groups is 1. The Bertz CT molecular complexity index is 943. The van der Waals surface area contributed by atoms with Gasteiger partial charge >= 0.3 is 0 Å². The van der Waals surface area contributed by atoms with Crippen LogP contribution in [0.4, 0.5) is 11.5 Å². The Balaban J connectivity index is 1.86. The van der Waals surface area contributed by atoms with E-state index < -0.39 is 0 Å². The van der Waals surface area contributed by atoms with E-state index in [0.29, 0.717) is 29.5 Å². The van der Waals surface area contributed by atoms with Gasteiger partial charge in [-0.1, -0.05) is 0 Å². The molecule has 0 spiro atoms. The van der Waals surface area contributed by atoms with Crippen molar-refractivity contribution in [2.45, 2.75) is 13.0 Å². The fourth-order valence-electron chi connectivity index (χ4n) is 2.68. The Morgan fingerprint density at radius 1 is 1.41 bits per heavy atom. The summed E-state index contributed by atoms with van der Waals surface area (Å²) in [5.74, 6) is 0.704. The zero-order chi connectivity index (χ0) is 19.4. The van der Waals surface area contributed by atoms with Crippen LogP contribution in [-0.4, -0.2) is 45.2 Å². The summed E-state index contributed by atoms with van der Waals surface area (Å²) in [5, 5.41) is 29.2. The number of hydrogen-bond donors (Lipinski definition) is 4. The summed E-state index contributed by atoms with van der Waals surface area (Å²) in [6.45, 7) is 0.447. The Morgan fingerprint density at radius 2 is 2.22 bits per heavy atom. The first kappa shape index (κ1) is 18.5. The largest absolute Gasteiger partial charge is 0.489 e. The molecule has 0 bridgehead atoms. The minimum Gasteiger partial charge on any atom is -0.489 e. The van der Waals surface area contributed by atoms with Gasteiger partial charge in [-0.25, -0.2) is 14.2 Å². The molecule has 0 unspecified atom stereocenters. The highest BCUT2D eigenvalue weighted by Crippen LogP contribution is 2.24. The number of allylic oxidation sites excluding steroid dienone is 2. The average Bonchev–Trinajstić information content (AvgIpc) is 2.96. The molecule has 0 saturated carbocycles. The molecule has 5 N–H and O–H groups in total. The van der Waals surface area contributed by atoms with Crippen molar-refractivity contribution in [2.24, 2.45) is 12.0 Å². The number of nitrogens with two attached hydrogens (primary N) is 1. The van der Waals surface area contributed by atoms with Crippen molar-refractivity contribution in [1.29, 1.82) is 10.8 Å². The van der Waals surface area contributed by atoms with Gasteiger partial charge in [-0.05, 0) is 6.07 Å². The van der Waals surface area contributed by atoms with Crippen LogP contribution in [0.1, 0.15) is 12.0 Å². The van der Waals surface area contributed by atoms with E-state index in [2.05, 4.69) is 10.1 Å². The Morgan fingerprint density at radius 3 is 2.96 bits per heavy atom. The van der Waals surface area contributed by atoms with E-state index in [1.165, 1.54) is 6.08 Å². The summed E-state index contributed by atoms with van der Waals surface area (Å²) in [4.78, 5) is 4.43. The average molecular weight is 368 g/mol. The minimum atomic E-state index is -0.147. The highest BCUT2D eigenvalue weighted by atomic mass is 16.5. The summed E-state index contributed by atoms with van der Waals surface area (Å²) >= 11 is 0. The van der Waals surface area contributed by atoms with E-state index >= 15 is 0 Å². The van der Waals surface area contributed by atoms with Gasteiger partial charge in [0, 0.05) is 24.1 Å². The topological polar surface area (TPSA) is 137 Å². The Hall–Kier alpha value is -3.33. The predicted octanol–water partition coefficient (Wildman–Crippen LogP) is 0.747. The molecule has 0 aliphatic heterocycles. The SMILES string of the molecule is C[n+]1cccc(Cn2ncc(N=C3C=C(OCCO)C(=N)CC3=N)c2N)c1. The summed E-state index contributed by atoms with van der Waals surface area (Å²) in [6.07, 6.45) is 7.13. The van der Waals surface area contributed by atoms with Gasteiger partial charge in [0.15, 0.2) is 12.4 Å². The van der Waals surface area contributed by atoms with E-state index in [9.17, 15) is 0 Å². The zero-order valence-electron chi connectivity index (χ0n) is 15.0. The van der Waals surface area contributed by atoms with Crippen LogP contribution in [0.2, 0.25) is 0 Å². The molecule has 140 valence electrons. The number of aliphatic hydroxyl groups is 1. The summed E-state index contributed by atoms with van der Waals surface area (Å²) in [5.41, 5.74) is 8.46. The van der Waals surface area contributed by atoms with E-state index in [0.717, 1.165) is 5.56 Å². The number of aryl methyl sites for hydroxylation is 1. The third-order valence-electron chi connectivity index (χ3n) is 4.01. The van der Waals surface area contributed by atoms with Gasteiger partial charge in [0.2, 0.25) is 0 Å². The fraction of sp³-hybridized carbons (Fsp3) is 0.278. The van der Waals surface area contributed by atoms with E-state index in [-0.39, 0.29) is 31.1 Å². The van der Waals surface area contributed by atoms with Crippen LogP contribution in [0.15, 0.2) is 47.6 Å². The summed E-state index contributed by atoms with van der Waals surface area (Å²) < 4.78 is 8.94. The highest BCUT2D eigenvalue weighted by Gasteiger charge is 2.21. The van der Waals surface area contributed by atoms with Gasteiger partial charge in [0.05, 0.1) is 36.5 Å². The molecule has 9 heteroatoms. The van der Waals surface area contributed by atoms with Crippen LogP contribution < -0.4 is 10.3 Å². The van der Waals surface area contributed by atoms with Crippen molar-refractivity contribution >= 4 is 28.6 Å². The molecule has 0 aromatic carbocycles. The van der Waals surface area contributed by atoms with Gasteiger partial charge < -0.3 is 26.4 Å². The third-order valence-corrected chi connectivity index (χ3v) is 4.01. The first-order valence-electron chi connectivity index (χ1n) is 8.43. The van der Waals surface area contributed by atoms with Crippen LogP contribution in [0.3, 0.4) is 0 Å². The monoisotopic (exact) mass is 368 g/mol. The number of anilines is 1. The Kier molecular flexibility index (Phi) is 5.41. The van der Waals surface area contributed by atoms with Gasteiger partial charge in [-0.15, -0.1) is 0 Å². The lowest BCUT2D eigenvalue weighted by molar-refractivity contribution is -0.671. The maximum Gasteiger partial charge on any atom is 0.173 e. The number of aromatic nitrogens is 3. The van der Waals surface area contributed by atoms with Crippen LogP contribution in [0, 0.1) is 10.8 Å². The lowest BCUT2D eigenvalue weighted by atomic mass is 10.00. The molecule has 0 radical (unpaired) electrons. The van der Waals surface area contributed by atoms with Gasteiger partial charge in [0.1, 0.15) is 30.9 Å². The van der Waals surface area contributed by atoms with Crippen molar-refractivity contribution in [3.8, 4) is 0 Å². The second-order valence-electron chi connectivity index (χ2n) is 6.16. The first-order chi connectivity index (χ1) is 13.0. The molecule has 1 aliphatic carbocycles. The number of nitrogen functional groups attached to an aromatic ring is 1. The second kappa shape index (κ2) is 7.92. The van der Waals surface area contributed by atoms with Crippen LogP contribution in [0.25, 0.3) is 0 Å². The van der Waals surface area contributed by atoms with E-state index in [1.54, 1.807) is 10.9 Å². The molecule has 1 aliphatic rings. The van der Waals surface area contributed by atoms with E-state index in [4.69, 9.17) is 26.4 Å². The molecule has 2 aromatic rings. The molecule has 0 amide bonds. The quantitative estimate of drug-likeness (QED) is 0.559. The molecule has 27 heavy (non-hydrogen) atoms. The highest BCUT2D eigenvalue weighted by molar-refractivity contribution is 6.51. The summed E-state index contributed by atoms with van der Waals surface area (Å²) in [7, 11) is 1.95. The number of ether oxygens (including phenoxy) is 1. The number of pyridine rings is 1. The van der Waals surface area contributed by atoms with Crippen molar-refractivity contribution in [3.63, 3.8) is 0 Å². The number of aliphatic hydroxyl groups excluding tert-OH is 1. The van der Waals surface area contributed by atoms with E-state index in [1.807, 2.05) is 36.1 Å². The maximum atomic E-state index is 8.89. The Labute approximate surface area is 156 Å². The third kappa shape index (κ3) is 4.26. The first-order valence-corrected chi connectivity index (χ1v) is 8.43. The molecular weight excluding hydrogens is 346 g/mol. The zero-order valence-corrected chi connectivity index (χ0v) is 15.0. The van der Waals surface area contributed by atoms with Gasteiger partial charge in [-0.3, -0.25) is 0 Å². The van der Waals surface area contributed by atoms with Crippen molar-refractivity contribution < 1.29 is 14.4 Å². The number of rotatable bonds is 6. The molecule has 0 fully saturated rings. The molecule has 9 nitrogen and oxygen atoms in total. The molecule has 2 heterocycles. The van der Waals surface area contributed by atoms with Crippen molar-refractivity contribution in [3.05, 3.63) is 48.1 Å². The number of nitrogens with one attached hydrogen (secondary N) is 2. The van der Waals surface area contributed by atoms with Crippen LogP contribution in [-0.2, 0) is 18.3 Å². The molecule has 0 saturated heterocycles. The smallest absolute Gasteiger partial charge is 0.173 e.